The molecule has 0 aromatic carbocycles. The highest BCUT2D eigenvalue weighted by Gasteiger charge is 2.24. The number of piperazine rings is 1. The molecule has 2 atom stereocenters. The molecule has 4 heteroatoms. The molecule has 1 saturated heterocycles. The number of nitrogens with zero attached hydrogens (tertiary/aromatic N) is 2. The maximum Gasteiger partial charge on any atom is 0.107 e. The van der Waals surface area contributed by atoms with Gasteiger partial charge >= 0.3 is 0 Å². The lowest BCUT2D eigenvalue weighted by atomic mass is 10.1. The Morgan fingerprint density at radius 1 is 1.67 bits per heavy atom. The fraction of sp³-hybridized carbons (Fsp3) is 0.727. The lowest BCUT2D eigenvalue weighted by molar-refractivity contribution is 0.124. The van der Waals surface area contributed by atoms with Crippen molar-refractivity contribution >= 4 is 11.3 Å². The molecule has 15 heavy (non-hydrogen) atoms. The number of aromatic nitrogens is 1. The fourth-order valence-corrected chi connectivity index (χ4v) is 2.77. The standard InChI is InChI=1S/C11H19N3S/c1-3-10-6-13-9(2)7-14(10)8-11-12-4-5-15-11/h4-5,9-10,13H,3,6-8H2,1-2H3. The van der Waals surface area contributed by atoms with E-state index in [1.54, 1.807) is 11.3 Å². The molecule has 0 aliphatic carbocycles. The molecule has 2 rings (SSSR count). The van der Waals surface area contributed by atoms with Gasteiger partial charge < -0.3 is 5.32 Å². The van der Waals surface area contributed by atoms with Crippen molar-refractivity contribution in [3.8, 4) is 0 Å². The van der Waals surface area contributed by atoms with Crippen molar-refractivity contribution in [1.29, 1.82) is 0 Å². The smallest absolute Gasteiger partial charge is 0.107 e. The van der Waals surface area contributed by atoms with E-state index in [1.807, 2.05) is 6.20 Å². The van der Waals surface area contributed by atoms with Crippen LogP contribution in [0.5, 0.6) is 0 Å². The summed E-state index contributed by atoms with van der Waals surface area (Å²) in [6, 6.07) is 1.28. The van der Waals surface area contributed by atoms with E-state index in [4.69, 9.17) is 0 Å². The van der Waals surface area contributed by atoms with Gasteiger partial charge in [-0.05, 0) is 13.3 Å². The average molecular weight is 225 g/mol. The molecule has 1 aliphatic heterocycles. The van der Waals surface area contributed by atoms with Gasteiger partial charge in [-0.3, -0.25) is 4.90 Å². The van der Waals surface area contributed by atoms with Gasteiger partial charge in [-0.2, -0.15) is 0 Å². The van der Waals surface area contributed by atoms with Gasteiger partial charge in [0.25, 0.3) is 0 Å². The van der Waals surface area contributed by atoms with Gasteiger partial charge in [-0.15, -0.1) is 11.3 Å². The Morgan fingerprint density at radius 3 is 3.20 bits per heavy atom. The molecule has 0 amide bonds. The van der Waals surface area contributed by atoms with Crippen molar-refractivity contribution in [3.05, 3.63) is 16.6 Å². The Hall–Kier alpha value is -0.450. The van der Waals surface area contributed by atoms with Crippen LogP contribution in [0.25, 0.3) is 0 Å². The van der Waals surface area contributed by atoms with E-state index >= 15 is 0 Å². The topological polar surface area (TPSA) is 28.2 Å². The first-order chi connectivity index (χ1) is 7.29. The van der Waals surface area contributed by atoms with Crippen LogP contribution in [-0.2, 0) is 6.54 Å². The Labute approximate surface area is 95.5 Å². The van der Waals surface area contributed by atoms with Crippen molar-refractivity contribution < 1.29 is 0 Å². The van der Waals surface area contributed by atoms with Crippen molar-refractivity contribution in [2.75, 3.05) is 13.1 Å². The quantitative estimate of drug-likeness (QED) is 0.849. The second-order valence-electron chi connectivity index (χ2n) is 4.23. The Bertz CT molecular complexity index is 286. The number of hydrogen-bond donors (Lipinski definition) is 1. The van der Waals surface area contributed by atoms with E-state index in [9.17, 15) is 0 Å². The van der Waals surface area contributed by atoms with Gasteiger partial charge in [0, 0.05) is 36.8 Å². The molecule has 0 spiro atoms. The third kappa shape index (κ3) is 2.77. The lowest BCUT2D eigenvalue weighted by Crippen LogP contribution is -2.54. The average Bonchev–Trinajstić information content (AvgIpc) is 2.71. The van der Waals surface area contributed by atoms with Crippen LogP contribution >= 0.6 is 11.3 Å². The van der Waals surface area contributed by atoms with Crippen molar-refractivity contribution in [2.45, 2.75) is 38.9 Å². The van der Waals surface area contributed by atoms with Gasteiger partial charge in [0.1, 0.15) is 5.01 Å². The summed E-state index contributed by atoms with van der Waals surface area (Å²) >= 11 is 1.76. The second kappa shape index (κ2) is 5.05. The molecular weight excluding hydrogens is 206 g/mol. The molecule has 1 N–H and O–H groups in total. The molecule has 84 valence electrons. The first kappa shape index (κ1) is 11.0. The third-order valence-corrected chi connectivity index (χ3v) is 3.78. The second-order valence-corrected chi connectivity index (χ2v) is 5.21. The third-order valence-electron chi connectivity index (χ3n) is 3.02. The largest absolute Gasteiger partial charge is 0.311 e. The maximum atomic E-state index is 4.36. The molecule has 0 radical (unpaired) electrons. The summed E-state index contributed by atoms with van der Waals surface area (Å²) in [5, 5.41) is 6.83. The van der Waals surface area contributed by atoms with E-state index in [0.717, 1.165) is 19.6 Å². The van der Waals surface area contributed by atoms with Crippen LogP contribution in [0.15, 0.2) is 11.6 Å². The predicted molar refractivity (Wildman–Crippen MR) is 64.1 cm³/mol. The highest BCUT2D eigenvalue weighted by molar-refractivity contribution is 7.09. The predicted octanol–water partition coefficient (Wildman–Crippen LogP) is 1.72. The molecule has 3 nitrogen and oxygen atoms in total. The SMILES string of the molecule is CCC1CNC(C)CN1Cc1nccs1. The summed E-state index contributed by atoms with van der Waals surface area (Å²) in [4.78, 5) is 6.92. The van der Waals surface area contributed by atoms with Crippen molar-refractivity contribution in [1.82, 2.24) is 15.2 Å². The highest BCUT2D eigenvalue weighted by atomic mass is 32.1. The number of hydrogen-bond acceptors (Lipinski definition) is 4. The van der Waals surface area contributed by atoms with Crippen LogP contribution in [0.3, 0.4) is 0 Å². The normalized spacial score (nSPS) is 28.1. The van der Waals surface area contributed by atoms with E-state index in [-0.39, 0.29) is 0 Å². The summed E-state index contributed by atoms with van der Waals surface area (Å²) in [7, 11) is 0. The molecular formula is C11H19N3S. The molecule has 0 bridgehead atoms. The van der Waals surface area contributed by atoms with Gasteiger partial charge in [-0.1, -0.05) is 6.92 Å². The zero-order valence-corrected chi connectivity index (χ0v) is 10.3. The van der Waals surface area contributed by atoms with Crippen LogP contribution in [0, 0.1) is 0 Å². The fourth-order valence-electron chi connectivity index (χ4n) is 2.13. The van der Waals surface area contributed by atoms with E-state index < -0.39 is 0 Å². The van der Waals surface area contributed by atoms with Crippen molar-refractivity contribution in [3.63, 3.8) is 0 Å². The lowest BCUT2D eigenvalue weighted by Gasteiger charge is -2.38. The van der Waals surface area contributed by atoms with Gasteiger partial charge in [0.05, 0.1) is 6.54 Å². The molecule has 1 fully saturated rings. The summed E-state index contributed by atoms with van der Waals surface area (Å²) in [6.07, 6.45) is 3.11. The molecule has 0 saturated carbocycles. The van der Waals surface area contributed by atoms with Crippen LogP contribution in [0.1, 0.15) is 25.3 Å². The van der Waals surface area contributed by atoms with Crippen LogP contribution in [0.2, 0.25) is 0 Å². The minimum atomic E-state index is 0.604. The maximum absolute atomic E-state index is 4.36. The molecule has 1 aliphatic rings. The molecule has 1 aromatic heterocycles. The summed E-state index contributed by atoms with van der Waals surface area (Å²) in [6.45, 7) is 7.78. The minimum Gasteiger partial charge on any atom is -0.311 e. The zero-order valence-electron chi connectivity index (χ0n) is 9.44. The molecule has 2 heterocycles. The zero-order chi connectivity index (χ0) is 10.7. The minimum absolute atomic E-state index is 0.604. The molecule has 2 unspecified atom stereocenters. The highest BCUT2D eigenvalue weighted by Crippen LogP contribution is 2.15. The monoisotopic (exact) mass is 225 g/mol. The first-order valence-electron chi connectivity index (χ1n) is 5.65. The van der Waals surface area contributed by atoms with Gasteiger partial charge in [-0.25, -0.2) is 4.98 Å². The Morgan fingerprint density at radius 2 is 2.53 bits per heavy atom. The number of nitrogens with one attached hydrogen (secondary N) is 1. The first-order valence-corrected chi connectivity index (χ1v) is 6.53. The Kier molecular flexibility index (Phi) is 3.72. The Balaban J connectivity index is 1.98. The number of thiazole rings is 1. The van der Waals surface area contributed by atoms with E-state index in [0.29, 0.717) is 12.1 Å². The van der Waals surface area contributed by atoms with E-state index in [2.05, 4.69) is 34.4 Å². The summed E-state index contributed by atoms with van der Waals surface area (Å²) in [5.41, 5.74) is 0. The van der Waals surface area contributed by atoms with Crippen LogP contribution in [-0.4, -0.2) is 35.1 Å². The van der Waals surface area contributed by atoms with Crippen LogP contribution in [0.4, 0.5) is 0 Å². The molecule has 1 aromatic rings. The van der Waals surface area contributed by atoms with Crippen LogP contribution < -0.4 is 5.32 Å². The summed E-state index contributed by atoms with van der Waals surface area (Å²) < 4.78 is 0. The van der Waals surface area contributed by atoms with Gasteiger partial charge in [0.15, 0.2) is 0 Å². The van der Waals surface area contributed by atoms with E-state index in [1.165, 1.54) is 11.4 Å². The van der Waals surface area contributed by atoms with Crippen molar-refractivity contribution in [2.24, 2.45) is 0 Å². The summed E-state index contributed by atoms with van der Waals surface area (Å²) in [5.74, 6) is 0. The number of rotatable bonds is 3. The van der Waals surface area contributed by atoms with Gasteiger partial charge in [0.2, 0.25) is 0 Å².